The maximum atomic E-state index is 11.9. The summed E-state index contributed by atoms with van der Waals surface area (Å²) in [6, 6.07) is 3.81. The lowest BCUT2D eigenvalue weighted by atomic mass is 10.2. The average molecular weight is 297 g/mol. The SMILES string of the molecule is CC=C(O)c1ccc(OC(F)(F)F)c(Br)c1. The van der Waals surface area contributed by atoms with Gasteiger partial charge < -0.3 is 9.84 Å². The van der Waals surface area contributed by atoms with E-state index in [-0.39, 0.29) is 16.0 Å². The van der Waals surface area contributed by atoms with Gasteiger partial charge in [0.15, 0.2) is 0 Å². The summed E-state index contributed by atoms with van der Waals surface area (Å²) in [4.78, 5) is 0. The van der Waals surface area contributed by atoms with Crippen molar-refractivity contribution in [1.29, 1.82) is 0 Å². The Kier molecular flexibility index (Phi) is 3.85. The minimum Gasteiger partial charge on any atom is -0.508 e. The van der Waals surface area contributed by atoms with Crippen molar-refractivity contribution < 1.29 is 23.0 Å². The minimum atomic E-state index is -4.73. The molecule has 0 aliphatic heterocycles. The van der Waals surface area contributed by atoms with E-state index in [4.69, 9.17) is 0 Å². The van der Waals surface area contributed by atoms with Gasteiger partial charge in [-0.15, -0.1) is 13.2 Å². The van der Waals surface area contributed by atoms with Crippen LogP contribution in [0.25, 0.3) is 5.76 Å². The van der Waals surface area contributed by atoms with E-state index in [1.807, 2.05) is 0 Å². The first-order valence-electron chi connectivity index (χ1n) is 4.24. The van der Waals surface area contributed by atoms with Crippen LogP contribution in [0.15, 0.2) is 28.7 Å². The molecule has 1 rings (SSSR count). The third kappa shape index (κ3) is 3.44. The van der Waals surface area contributed by atoms with E-state index in [1.165, 1.54) is 18.2 Å². The summed E-state index contributed by atoms with van der Waals surface area (Å²) in [5.41, 5.74) is 0.406. The lowest BCUT2D eigenvalue weighted by molar-refractivity contribution is -0.274. The van der Waals surface area contributed by atoms with E-state index in [0.717, 1.165) is 6.07 Å². The fourth-order valence-electron chi connectivity index (χ4n) is 1.03. The first-order chi connectivity index (χ1) is 7.33. The summed E-state index contributed by atoms with van der Waals surface area (Å²) in [7, 11) is 0. The number of aliphatic hydroxyl groups excluding tert-OH is 1. The average Bonchev–Trinajstić information content (AvgIpc) is 2.18. The molecule has 0 atom stereocenters. The smallest absolute Gasteiger partial charge is 0.508 e. The van der Waals surface area contributed by atoms with Gasteiger partial charge in [0.05, 0.1) is 4.47 Å². The van der Waals surface area contributed by atoms with Gasteiger partial charge in [-0.2, -0.15) is 0 Å². The number of ether oxygens (including phenoxy) is 1. The molecule has 1 aromatic rings. The van der Waals surface area contributed by atoms with Gasteiger partial charge in [-0.3, -0.25) is 0 Å². The fraction of sp³-hybridized carbons (Fsp3) is 0.200. The molecule has 2 nitrogen and oxygen atoms in total. The lowest BCUT2D eigenvalue weighted by Gasteiger charge is -2.11. The van der Waals surface area contributed by atoms with Crippen LogP contribution in [0.5, 0.6) is 5.75 Å². The number of alkyl halides is 3. The maximum Gasteiger partial charge on any atom is 0.573 e. The Morgan fingerprint density at radius 1 is 1.44 bits per heavy atom. The Morgan fingerprint density at radius 3 is 2.50 bits per heavy atom. The van der Waals surface area contributed by atoms with Gasteiger partial charge in [0.25, 0.3) is 0 Å². The number of hydrogen-bond acceptors (Lipinski definition) is 2. The predicted molar refractivity (Wildman–Crippen MR) is 57.1 cm³/mol. The van der Waals surface area contributed by atoms with Crippen LogP contribution in [0.2, 0.25) is 0 Å². The number of allylic oxidation sites excluding steroid dienone is 1. The summed E-state index contributed by atoms with van der Waals surface area (Å²) in [6.07, 6.45) is -3.29. The number of hydrogen-bond donors (Lipinski definition) is 1. The third-order valence-electron chi connectivity index (χ3n) is 1.73. The van der Waals surface area contributed by atoms with Crippen molar-refractivity contribution in [3.05, 3.63) is 34.3 Å². The highest BCUT2D eigenvalue weighted by atomic mass is 79.9. The van der Waals surface area contributed by atoms with Gasteiger partial charge >= 0.3 is 6.36 Å². The number of halogens is 4. The number of rotatable bonds is 2. The van der Waals surface area contributed by atoms with Crippen molar-refractivity contribution in [1.82, 2.24) is 0 Å². The minimum absolute atomic E-state index is 0.0146. The molecule has 0 heterocycles. The molecule has 0 bridgehead atoms. The zero-order chi connectivity index (χ0) is 12.3. The van der Waals surface area contributed by atoms with Crippen molar-refractivity contribution in [2.75, 3.05) is 0 Å². The summed E-state index contributed by atoms with van der Waals surface area (Å²) in [5.74, 6) is -0.362. The van der Waals surface area contributed by atoms with Crippen molar-refractivity contribution in [2.24, 2.45) is 0 Å². The molecule has 0 aliphatic rings. The van der Waals surface area contributed by atoms with E-state index >= 15 is 0 Å². The van der Waals surface area contributed by atoms with Crippen molar-refractivity contribution in [2.45, 2.75) is 13.3 Å². The fourth-order valence-corrected chi connectivity index (χ4v) is 1.49. The van der Waals surface area contributed by atoms with Gasteiger partial charge in [0.1, 0.15) is 11.5 Å². The van der Waals surface area contributed by atoms with Crippen LogP contribution in [-0.2, 0) is 0 Å². The number of aliphatic hydroxyl groups is 1. The third-order valence-corrected chi connectivity index (χ3v) is 2.35. The molecule has 1 aromatic carbocycles. The standard InChI is InChI=1S/C10H8BrF3O2/c1-2-8(15)6-3-4-9(7(11)5-6)16-10(12,13)14/h2-5,15H,1H3. The van der Waals surface area contributed by atoms with Gasteiger partial charge in [0, 0.05) is 5.56 Å². The summed E-state index contributed by atoms with van der Waals surface area (Å²) in [5, 5.41) is 9.35. The Labute approximate surface area is 98.5 Å². The molecular weight excluding hydrogens is 289 g/mol. The van der Waals surface area contributed by atoms with E-state index in [2.05, 4.69) is 20.7 Å². The van der Waals surface area contributed by atoms with Crippen LogP contribution in [-0.4, -0.2) is 11.5 Å². The second-order valence-electron chi connectivity index (χ2n) is 2.87. The van der Waals surface area contributed by atoms with Crippen LogP contribution in [0.4, 0.5) is 13.2 Å². The van der Waals surface area contributed by atoms with Crippen LogP contribution in [0.1, 0.15) is 12.5 Å². The monoisotopic (exact) mass is 296 g/mol. The molecule has 0 fully saturated rings. The summed E-state index contributed by atoms with van der Waals surface area (Å²) in [6.45, 7) is 1.61. The molecule has 0 spiro atoms. The quantitative estimate of drug-likeness (QED) is 0.826. The van der Waals surface area contributed by atoms with Crippen molar-refractivity contribution in [3.8, 4) is 5.75 Å². The molecule has 88 valence electrons. The maximum absolute atomic E-state index is 11.9. The molecule has 0 aromatic heterocycles. The second kappa shape index (κ2) is 4.78. The Bertz CT molecular complexity index is 413. The Morgan fingerprint density at radius 2 is 2.06 bits per heavy atom. The van der Waals surface area contributed by atoms with Crippen LogP contribution >= 0.6 is 15.9 Å². The first kappa shape index (κ1) is 12.9. The Balaban J connectivity index is 3.01. The lowest BCUT2D eigenvalue weighted by Crippen LogP contribution is -2.17. The van der Waals surface area contributed by atoms with Gasteiger partial charge in [-0.1, -0.05) is 0 Å². The predicted octanol–water partition coefficient (Wildman–Crippen LogP) is 4.27. The van der Waals surface area contributed by atoms with E-state index < -0.39 is 6.36 Å². The molecule has 0 unspecified atom stereocenters. The summed E-state index contributed by atoms with van der Waals surface area (Å²) >= 11 is 2.93. The first-order valence-corrected chi connectivity index (χ1v) is 5.03. The largest absolute Gasteiger partial charge is 0.573 e. The van der Waals surface area contributed by atoms with Gasteiger partial charge in [-0.25, -0.2) is 0 Å². The second-order valence-corrected chi connectivity index (χ2v) is 3.72. The zero-order valence-electron chi connectivity index (χ0n) is 8.18. The van der Waals surface area contributed by atoms with Crippen molar-refractivity contribution in [3.63, 3.8) is 0 Å². The summed E-state index contributed by atoms with van der Waals surface area (Å²) < 4.78 is 39.7. The Hall–Kier alpha value is -1.17. The van der Waals surface area contributed by atoms with E-state index in [1.54, 1.807) is 6.92 Å². The highest BCUT2D eigenvalue weighted by Crippen LogP contribution is 2.32. The highest BCUT2D eigenvalue weighted by Gasteiger charge is 2.31. The van der Waals surface area contributed by atoms with Gasteiger partial charge in [-0.05, 0) is 47.1 Å². The molecule has 0 amide bonds. The highest BCUT2D eigenvalue weighted by molar-refractivity contribution is 9.10. The van der Waals surface area contributed by atoms with Gasteiger partial charge in [0.2, 0.25) is 0 Å². The molecular formula is C10H8BrF3O2. The molecule has 16 heavy (non-hydrogen) atoms. The molecule has 1 N–H and O–H groups in total. The topological polar surface area (TPSA) is 29.5 Å². The number of benzene rings is 1. The molecule has 6 heteroatoms. The molecule has 0 radical (unpaired) electrons. The van der Waals surface area contributed by atoms with E-state index in [9.17, 15) is 18.3 Å². The van der Waals surface area contributed by atoms with Crippen molar-refractivity contribution >= 4 is 21.7 Å². The normalized spacial score (nSPS) is 12.7. The molecule has 0 saturated carbocycles. The van der Waals surface area contributed by atoms with Crippen LogP contribution < -0.4 is 4.74 Å². The zero-order valence-corrected chi connectivity index (χ0v) is 9.76. The van der Waals surface area contributed by atoms with Crippen LogP contribution in [0, 0.1) is 0 Å². The molecule has 0 saturated heterocycles. The molecule has 0 aliphatic carbocycles. The van der Waals surface area contributed by atoms with Crippen LogP contribution in [0.3, 0.4) is 0 Å². The van der Waals surface area contributed by atoms with E-state index in [0.29, 0.717) is 5.56 Å².